The van der Waals surface area contributed by atoms with Crippen LogP contribution in [0, 0.1) is 11.3 Å². The minimum atomic E-state index is -0.359. The molecule has 84 valence electrons. The summed E-state index contributed by atoms with van der Waals surface area (Å²) in [7, 11) is 1.35. The van der Waals surface area contributed by atoms with Crippen LogP contribution in [0.2, 0.25) is 0 Å². The molecule has 0 aliphatic heterocycles. The fourth-order valence-electron chi connectivity index (χ4n) is 1.51. The summed E-state index contributed by atoms with van der Waals surface area (Å²) in [5.41, 5.74) is 1.99. The van der Waals surface area contributed by atoms with Gasteiger partial charge in [0.05, 0.1) is 18.2 Å². The molecule has 0 saturated carbocycles. The topological polar surface area (TPSA) is 55.0 Å². The molecule has 0 saturated heterocycles. The Morgan fingerprint density at radius 1 is 1.29 bits per heavy atom. The van der Waals surface area contributed by atoms with E-state index >= 15 is 0 Å². The van der Waals surface area contributed by atoms with Crippen molar-refractivity contribution in [2.75, 3.05) is 7.11 Å². The van der Waals surface area contributed by atoms with E-state index in [4.69, 9.17) is 5.26 Å². The first-order valence-electron chi connectivity index (χ1n) is 5.01. The fourth-order valence-corrected chi connectivity index (χ4v) is 1.51. The van der Waals surface area contributed by atoms with Crippen LogP contribution in [0.15, 0.2) is 42.7 Å². The minimum Gasteiger partial charge on any atom is -0.465 e. The first kappa shape index (κ1) is 11.0. The third-order valence-electron chi connectivity index (χ3n) is 2.41. The molecule has 0 bridgehead atoms. The minimum absolute atomic E-state index is 0.359. The Labute approximate surface area is 98.7 Å². The van der Waals surface area contributed by atoms with Crippen molar-refractivity contribution in [3.63, 3.8) is 0 Å². The average Bonchev–Trinajstić information content (AvgIpc) is 2.87. The van der Waals surface area contributed by atoms with Gasteiger partial charge in [0.15, 0.2) is 0 Å². The van der Waals surface area contributed by atoms with Gasteiger partial charge in [0.2, 0.25) is 0 Å². The van der Waals surface area contributed by atoms with E-state index in [-0.39, 0.29) is 5.97 Å². The largest absolute Gasteiger partial charge is 0.465 e. The smallest absolute Gasteiger partial charge is 0.337 e. The lowest BCUT2D eigenvalue weighted by Crippen LogP contribution is -2.01. The Balaban J connectivity index is 2.29. The van der Waals surface area contributed by atoms with Gasteiger partial charge in [0, 0.05) is 18.1 Å². The van der Waals surface area contributed by atoms with Crippen LogP contribution in [0.4, 0.5) is 0 Å². The van der Waals surface area contributed by atoms with E-state index in [0.29, 0.717) is 11.1 Å². The van der Waals surface area contributed by atoms with Crippen molar-refractivity contribution in [2.45, 2.75) is 0 Å². The van der Waals surface area contributed by atoms with Crippen LogP contribution in [0.25, 0.3) is 5.69 Å². The molecule has 0 N–H and O–H groups in total. The van der Waals surface area contributed by atoms with Crippen LogP contribution in [-0.2, 0) is 4.74 Å². The third-order valence-corrected chi connectivity index (χ3v) is 2.41. The van der Waals surface area contributed by atoms with E-state index in [1.807, 2.05) is 4.57 Å². The van der Waals surface area contributed by atoms with Gasteiger partial charge < -0.3 is 9.30 Å². The van der Waals surface area contributed by atoms with Gasteiger partial charge in [0.25, 0.3) is 0 Å². The van der Waals surface area contributed by atoms with Crippen LogP contribution in [-0.4, -0.2) is 17.6 Å². The lowest BCUT2D eigenvalue weighted by Gasteiger charge is -2.03. The Kier molecular flexibility index (Phi) is 2.93. The van der Waals surface area contributed by atoms with Crippen LogP contribution in [0.3, 0.4) is 0 Å². The highest BCUT2D eigenvalue weighted by atomic mass is 16.5. The van der Waals surface area contributed by atoms with Gasteiger partial charge in [-0.15, -0.1) is 0 Å². The Morgan fingerprint density at radius 2 is 2.00 bits per heavy atom. The number of ether oxygens (including phenoxy) is 1. The van der Waals surface area contributed by atoms with Gasteiger partial charge in [0.1, 0.15) is 6.07 Å². The molecule has 1 aromatic carbocycles. The number of nitriles is 1. The predicted octanol–water partition coefficient (Wildman–Crippen LogP) is 2.14. The van der Waals surface area contributed by atoms with Gasteiger partial charge >= 0.3 is 5.97 Å². The third kappa shape index (κ3) is 2.18. The van der Waals surface area contributed by atoms with Crippen LogP contribution in [0.5, 0.6) is 0 Å². The second-order valence-electron chi connectivity index (χ2n) is 3.46. The summed E-state index contributed by atoms with van der Waals surface area (Å²) in [5.74, 6) is -0.359. The second-order valence-corrected chi connectivity index (χ2v) is 3.46. The molecule has 0 aliphatic rings. The van der Waals surface area contributed by atoms with E-state index < -0.39 is 0 Å². The van der Waals surface area contributed by atoms with E-state index in [1.54, 1.807) is 42.7 Å². The Hall–Kier alpha value is -2.54. The molecule has 0 aliphatic carbocycles. The summed E-state index contributed by atoms with van der Waals surface area (Å²) in [6.45, 7) is 0. The zero-order valence-corrected chi connectivity index (χ0v) is 9.25. The molecule has 2 aromatic rings. The molecular formula is C13H10N2O2. The number of hydrogen-bond donors (Lipinski definition) is 0. The van der Waals surface area contributed by atoms with E-state index in [0.717, 1.165) is 5.69 Å². The zero-order valence-electron chi connectivity index (χ0n) is 9.25. The average molecular weight is 226 g/mol. The number of nitrogens with zero attached hydrogens (tertiary/aromatic N) is 2. The summed E-state index contributed by atoms with van der Waals surface area (Å²) < 4.78 is 6.43. The van der Waals surface area contributed by atoms with Crippen molar-refractivity contribution in [1.29, 1.82) is 5.26 Å². The van der Waals surface area contributed by atoms with Gasteiger partial charge in [-0.2, -0.15) is 5.26 Å². The number of benzene rings is 1. The van der Waals surface area contributed by atoms with Crippen molar-refractivity contribution in [3.05, 3.63) is 53.9 Å². The predicted molar refractivity (Wildman–Crippen MR) is 61.8 cm³/mol. The maximum Gasteiger partial charge on any atom is 0.337 e. The maximum atomic E-state index is 11.2. The summed E-state index contributed by atoms with van der Waals surface area (Å²) in [6, 6.07) is 10.8. The van der Waals surface area contributed by atoms with Crippen LogP contribution >= 0.6 is 0 Å². The van der Waals surface area contributed by atoms with E-state index in [2.05, 4.69) is 10.8 Å². The first-order valence-corrected chi connectivity index (χ1v) is 5.01. The van der Waals surface area contributed by atoms with Crippen LogP contribution < -0.4 is 0 Å². The lowest BCUT2D eigenvalue weighted by atomic mass is 10.2. The normalized spacial score (nSPS) is 9.65. The molecule has 17 heavy (non-hydrogen) atoms. The quantitative estimate of drug-likeness (QED) is 0.737. The molecule has 0 fully saturated rings. The highest BCUT2D eigenvalue weighted by molar-refractivity contribution is 5.89. The van der Waals surface area contributed by atoms with Gasteiger partial charge in [-0.25, -0.2) is 4.79 Å². The molecule has 4 heteroatoms. The molecular weight excluding hydrogens is 216 g/mol. The Morgan fingerprint density at radius 3 is 2.53 bits per heavy atom. The highest BCUT2D eigenvalue weighted by Gasteiger charge is 2.05. The van der Waals surface area contributed by atoms with Gasteiger partial charge in [-0.3, -0.25) is 0 Å². The standard InChI is InChI=1S/C13H10N2O2/c1-17-13(16)11-2-4-12(5-3-11)15-7-6-10(8-14)9-15/h2-7,9H,1H3. The van der Waals surface area contributed by atoms with Crippen molar-refractivity contribution < 1.29 is 9.53 Å². The summed E-state index contributed by atoms with van der Waals surface area (Å²) >= 11 is 0. The SMILES string of the molecule is COC(=O)c1ccc(-n2ccc(C#N)c2)cc1. The lowest BCUT2D eigenvalue weighted by molar-refractivity contribution is 0.0601. The highest BCUT2D eigenvalue weighted by Crippen LogP contribution is 2.12. The summed E-state index contributed by atoms with van der Waals surface area (Å²) in [6.07, 6.45) is 3.53. The number of hydrogen-bond acceptors (Lipinski definition) is 3. The van der Waals surface area contributed by atoms with Gasteiger partial charge in [-0.1, -0.05) is 0 Å². The number of aromatic nitrogens is 1. The molecule has 0 amide bonds. The van der Waals surface area contributed by atoms with Crippen molar-refractivity contribution in [3.8, 4) is 11.8 Å². The number of carbonyl (C=O) groups is 1. The fraction of sp³-hybridized carbons (Fsp3) is 0.0769. The molecule has 0 spiro atoms. The summed E-state index contributed by atoms with van der Waals surface area (Å²) in [4.78, 5) is 11.2. The zero-order chi connectivity index (χ0) is 12.3. The Bertz CT molecular complexity index is 576. The molecule has 4 nitrogen and oxygen atoms in total. The van der Waals surface area contributed by atoms with E-state index in [9.17, 15) is 4.79 Å². The molecule has 2 rings (SSSR count). The number of methoxy groups -OCH3 is 1. The monoisotopic (exact) mass is 226 g/mol. The van der Waals surface area contributed by atoms with Crippen LogP contribution in [0.1, 0.15) is 15.9 Å². The summed E-state index contributed by atoms with van der Waals surface area (Å²) in [5, 5.41) is 8.72. The van der Waals surface area contributed by atoms with Crippen molar-refractivity contribution >= 4 is 5.97 Å². The maximum absolute atomic E-state index is 11.2. The second kappa shape index (κ2) is 4.54. The van der Waals surface area contributed by atoms with Gasteiger partial charge in [-0.05, 0) is 30.3 Å². The molecule has 1 heterocycles. The molecule has 1 aromatic heterocycles. The van der Waals surface area contributed by atoms with Crippen molar-refractivity contribution in [1.82, 2.24) is 4.57 Å². The van der Waals surface area contributed by atoms with Crippen molar-refractivity contribution in [2.24, 2.45) is 0 Å². The number of carbonyl (C=O) groups excluding carboxylic acids is 1. The molecule has 0 atom stereocenters. The number of esters is 1. The molecule has 0 radical (unpaired) electrons. The number of rotatable bonds is 2. The van der Waals surface area contributed by atoms with E-state index in [1.165, 1.54) is 7.11 Å². The molecule has 0 unspecified atom stereocenters. The first-order chi connectivity index (χ1) is 8.24.